The Morgan fingerprint density at radius 2 is 2.17 bits per heavy atom. The van der Waals surface area contributed by atoms with E-state index in [9.17, 15) is 9.59 Å². The highest BCUT2D eigenvalue weighted by atomic mass is 79.9. The Hall–Kier alpha value is -0.400. The summed E-state index contributed by atoms with van der Waals surface area (Å²) in [4.78, 5) is 23.3. The van der Waals surface area contributed by atoms with Gasteiger partial charge in [0.2, 0.25) is 0 Å². The van der Waals surface area contributed by atoms with E-state index in [0.29, 0.717) is 10.8 Å². The fraction of sp³-hybridized carbons (Fsp3) is 0.455. The quantitative estimate of drug-likeness (QED) is 0.802. The van der Waals surface area contributed by atoms with Crippen LogP contribution in [0.4, 0.5) is 0 Å². The highest BCUT2D eigenvalue weighted by molar-refractivity contribution is 9.13. The molecule has 1 unspecified atom stereocenters. The van der Waals surface area contributed by atoms with Crippen LogP contribution in [-0.4, -0.2) is 23.0 Å². The fourth-order valence-corrected chi connectivity index (χ4v) is 3.66. The Morgan fingerprint density at radius 3 is 2.61 bits per heavy atom. The smallest absolute Gasteiger partial charge is 0.305 e. The van der Waals surface area contributed by atoms with E-state index >= 15 is 0 Å². The minimum Gasteiger partial charge on any atom is -0.481 e. The summed E-state index contributed by atoms with van der Waals surface area (Å²) in [7, 11) is 0. The highest BCUT2D eigenvalue weighted by Crippen LogP contribution is 2.35. The van der Waals surface area contributed by atoms with Crippen LogP contribution in [0.1, 0.15) is 28.9 Å². The molecule has 1 fully saturated rings. The van der Waals surface area contributed by atoms with Gasteiger partial charge in [-0.05, 0) is 56.7 Å². The summed E-state index contributed by atoms with van der Waals surface area (Å²) in [5.41, 5.74) is 0. The maximum atomic E-state index is 12.0. The number of nitrogens with one attached hydrogen (secondary N) is 1. The first kappa shape index (κ1) is 14.0. The molecule has 7 heteroatoms. The molecule has 0 radical (unpaired) electrons. The van der Waals surface area contributed by atoms with Crippen molar-refractivity contribution in [1.29, 1.82) is 0 Å². The third kappa shape index (κ3) is 3.55. The average Bonchev–Trinajstić information content (AvgIpc) is 3.05. The SMILES string of the molecule is O=C(O)CC(NC(=O)c1cc(Br)c(Br)s1)C1CC1. The van der Waals surface area contributed by atoms with Crippen molar-refractivity contribution in [3.63, 3.8) is 0 Å². The van der Waals surface area contributed by atoms with Crippen molar-refractivity contribution in [3.05, 3.63) is 19.2 Å². The van der Waals surface area contributed by atoms with Gasteiger partial charge in [0.15, 0.2) is 0 Å². The minimum atomic E-state index is -0.874. The number of carbonyl (C=O) groups is 2. The van der Waals surface area contributed by atoms with E-state index in [1.54, 1.807) is 6.07 Å². The van der Waals surface area contributed by atoms with Crippen LogP contribution in [0.25, 0.3) is 0 Å². The maximum absolute atomic E-state index is 12.0. The zero-order valence-electron chi connectivity index (χ0n) is 9.28. The lowest BCUT2D eigenvalue weighted by Gasteiger charge is -2.15. The van der Waals surface area contributed by atoms with Crippen LogP contribution in [0.15, 0.2) is 14.3 Å². The number of carbonyl (C=O) groups excluding carboxylic acids is 1. The van der Waals surface area contributed by atoms with Crippen LogP contribution in [-0.2, 0) is 4.79 Å². The van der Waals surface area contributed by atoms with Crippen molar-refractivity contribution >= 4 is 55.1 Å². The molecule has 2 rings (SSSR count). The van der Waals surface area contributed by atoms with E-state index in [-0.39, 0.29) is 18.4 Å². The summed E-state index contributed by atoms with van der Waals surface area (Å²) in [5, 5.41) is 11.6. The van der Waals surface area contributed by atoms with Crippen LogP contribution in [0.3, 0.4) is 0 Å². The first-order valence-electron chi connectivity index (χ1n) is 5.45. The van der Waals surface area contributed by atoms with Gasteiger partial charge in [0.05, 0.1) is 15.1 Å². The Balaban J connectivity index is 2.02. The van der Waals surface area contributed by atoms with Gasteiger partial charge < -0.3 is 10.4 Å². The molecule has 98 valence electrons. The minimum absolute atomic E-state index is 0.00980. The van der Waals surface area contributed by atoms with E-state index in [2.05, 4.69) is 37.2 Å². The van der Waals surface area contributed by atoms with E-state index in [1.165, 1.54) is 11.3 Å². The lowest BCUT2D eigenvalue weighted by Crippen LogP contribution is -2.37. The van der Waals surface area contributed by atoms with E-state index < -0.39 is 5.97 Å². The van der Waals surface area contributed by atoms with Crippen molar-refractivity contribution in [2.75, 3.05) is 0 Å². The van der Waals surface area contributed by atoms with Crippen LogP contribution in [0, 0.1) is 5.92 Å². The van der Waals surface area contributed by atoms with Crippen molar-refractivity contribution in [1.82, 2.24) is 5.32 Å². The highest BCUT2D eigenvalue weighted by Gasteiger charge is 2.34. The summed E-state index contributed by atoms with van der Waals surface area (Å²) < 4.78 is 1.69. The number of aliphatic carboxylic acids is 1. The first-order chi connectivity index (χ1) is 8.47. The zero-order chi connectivity index (χ0) is 13.3. The molecule has 1 heterocycles. The lowest BCUT2D eigenvalue weighted by atomic mass is 10.1. The van der Waals surface area contributed by atoms with Gasteiger partial charge in [-0.25, -0.2) is 0 Å². The maximum Gasteiger partial charge on any atom is 0.305 e. The summed E-state index contributed by atoms with van der Waals surface area (Å²) in [6.45, 7) is 0. The molecule has 0 bridgehead atoms. The number of halogens is 2. The normalized spacial score (nSPS) is 16.3. The van der Waals surface area contributed by atoms with Crippen molar-refractivity contribution in [3.8, 4) is 0 Å². The third-order valence-electron chi connectivity index (χ3n) is 2.77. The van der Waals surface area contributed by atoms with Crippen molar-refractivity contribution in [2.45, 2.75) is 25.3 Å². The molecule has 1 aromatic rings. The molecule has 1 amide bonds. The fourth-order valence-electron chi connectivity index (χ4n) is 1.72. The van der Waals surface area contributed by atoms with E-state index in [1.807, 2.05) is 0 Å². The number of hydrogen-bond donors (Lipinski definition) is 2. The predicted octanol–water partition coefficient (Wildman–Crippen LogP) is 3.26. The standard InChI is InChI=1S/C11H11Br2NO3S/c12-6-3-8(18-10(6)13)11(17)14-7(4-9(15)16)5-1-2-5/h3,5,7H,1-2,4H2,(H,14,17)(H,15,16). The van der Waals surface area contributed by atoms with Gasteiger partial charge in [0.1, 0.15) is 0 Å². The Morgan fingerprint density at radius 1 is 1.50 bits per heavy atom. The molecule has 0 aliphatic heterocycles. The Kier molecular flexibility index (Phi) is 4.45. The van der Waals surface area contributed by atoms with Crippen molar-refractivity contribution < 1.29 is 14.7 Å². The summed E-state index contributed by atoms with van der Waals surface area (Å²) in [6.07, 6.45) is 1.98. The topological polar surface area (TPSA) is 66.4 Å². The second-order valence-corrected chi connectivity index (χ2v) is 7.47. The number of amides is 1. The summed E-state index contributed by atoms with van der Waals surface area (Å²) in [5.74, 6) is -0.762. The van der Waals surface area contributed by atoms with E-state index in [0.717, 1.165) is 21.1 Å². The molecule has 1 aliphatic rings. The molecule has 4 nitrogen and oxygen atoms in total. The van der Waals surface area contributed by atoms with Crippen molar-refractivity contribution in [2.24, 2.45) is 5.92 Å². The monoisotopic (exact) mass is 395 g/mol. The zero-order valence-corrected chi connectivity index (χ0v) is 13.3. The Labute approximate surface area is 125 Å². The molecule has 0 spiro atoms. The Bertz CT molecular complexity index is 465. The van der Waals surface area contributed by atoms with Gasteiger partial charge in [-0.15, -0.1) is 11.3 Å². The number of carboxylic acid groups (broad SMARTS) is 1. The van der Waals surface area contributed by atoms with Crippen LogP contribution >= 0.6 is 43.2 Å². The van der Waals surface area contributed by atoms with Crippen LogP contribution in [0.5, 0.6) is 0 Å². The first-order valence-corrected chi connectivity index (χ1v) is 7.85. The van der Waals surface area contributed by atoms with E-state index in [4.69, 9.17) is 5.11 Å². The second kappa shape index (κ2) is 5.71. The molecule has 1 aliphatic carbocycles. The van der Waals surface area contributed by atoms with Gasteiger partial charge in [0.25, 0.3) is 5.91 Å². The van der Waals surface area contributed by atoms with Gasteiger partial charge >= 0.3 is 5.97 Å². The summed E-state index contributed by atoms with van der Waals surface area (Å²) in [6, 6.07) is 1.48. The van der Waals surface area contributed by atoms with Gasteiger partial charge in [-0.2, -0.15) is 0 Å². The molecule has 0 aromatic carbocycles. The van der Waals surface area contributed by atoms with Gasteiger partial charge in [-0.1, -0.05) is 0 Å². The summed E-state index contributed by atoms with van der Waals surface area (Å²) >= 11 is 7.98. The van der Waals surface area contributed by atoms with Crippen LogP contribution < -0.4 is 5.32 Å². The number of rotatable bonds is 5. The predicted molar refractivity (Wildman–Crippen MR) is 76.0 cm³/mol. The molecular formula is C11H11Br2NO3S. The molecule has 2 N–H and O–H groups in total. The molecule has 1 aromatic heterocycles. The average molecular weight is 397 g/mol. The lowest BCUT2D eigenvalue weighted by molar-refractivity contribution is -0.137. The second-order valence-electron chi connectivity index (χ2n) is 4.25. The number of hydrogen-bond acceptors (Lipinski definition) is 3. The van der Waals surface area contributed by atoms with Gasteiger partial charge in [0, 0.05) is 10.5 Å². The molecule has 1 saturated carbocycles. The number of thiophene rings is 1. The number of carboxylic acids is 1. The van der Waals surface area contributed by atoms with Crippen LogP contribution in [0.2, 0.25) is 0 Å². The molecule has 18 heavy (non-hydrogen) atoms. The largest absolute Gasteiger partial charge is 0.481 e. The third-order valence-corrected chi connectivity index (χ3v) is 6.03. The van der Waals surface area contributed by atoms with Gasteiger partial charge in [-0.3, -0.25) is 9.59 Å². The molecule has 1 atom stereocenters. The molecule has 0 saturated heterocycles. The molecular weight excluding hydrogens is 386 g/mol.